The molecule has 0 aliphatic carbocycles. The molecule has 0 aromatic rings. The van der Waals surface area contributed by atoms with Gasteiger partial charge in [-0.1, -0.05) is 321 Å². The smallest absolute Gasteiger partial charge is 0.249 e. The second kappa shape index (κ2) is 57.3. The Kier molecular flexibility index (Phi) is 55.0. The Balaban J connectivity index is 2.09. The monoisotopic (exact) mass is 1120 g/mol. The fourth-order valence-corrected chi connectivity index (χ4v) is 11.5. The van der Waals surface area contributed by atoms with E-state index in [1.807, 2.05) is 0 Å². The number of nitrogens with one attached hydrogen (secondary N) is 1. The van der Waals surface area contributed by atoms with Gasteiger partial charge in [0.15, 0.2) is 6.29 Å². The van der Waals surface area contributed by atoms with Crippen LogP contribution in [0, 0.1) is 0 Å². The highest BCUT2D eigenvalue weighted by molar-refractivity contribution is 5.80. The van der Waals surface area contributed by atoms with Gasteiger partial charge in [0, 0.05) is 0 Å². The van der Waals surface area contributed by atoms with Crippen LogP contribution in [0.4, 0.5) is 0 Å². The zero-order valence-corrected chi connectivity index (χ0v) is 51.9. The van der Waals surface area contributed by atoms with Crippen molar-refractivity contribution in [1.82, 2.24) is 5.32 Å². The lowest BCUT2D eigenvalue weighted by Gasteiger charge is -2.40. The molecule has 0 saturated carbocycles. The maximum atomic E-state index is 13.2. The Morgan fingerprint density at radius 3 is 1.06 bits per heavy atom. The average molecular weight is 1120 g/mol. The van der Waals surface area contributed by atoms with Gasteiger partial charge in [-0.05, 0) is 38.5 Å². The number of carbonyl (C=O) groups excluding carboxylic acids is 1. The van der Waals surface area contributed by atoms with Gasteiger partial charge < -0.3 is 50.5 Å². The summed E-state index contributed by atoms with van der Waals surface area (Å²) in [6.07, 6.45) is 58.9. The molecule has 1 aliphatic rings. The molecule has 0 aromatic carbocycles. The number of rotatable bonds is 61. The quantitative estimate of drug-likeness (QED) is 0.0215. The van der Waals surface area contributed by atoms with Crippen LogP contribution in [-0.2, 0) is 14.3 Å². The predicted molar refractivity (Wildman–Crippen MR) is 330 cm³/mol. The highest BCUT2D eigenvalue weighted by atomic mass is 16.7. The van der Waals surface area contributed by atoms with E-state index in [0.717, 1.165) is 38.5 Å². The van der Waals surface area contributed by atoms with Crippen molar-refractivity contribution in [2.45, 2.75) is 403 Å². The largest absolute Gasteiger partial charge is 0.394 e. The summed E-state index contributed by atoms with van der Waals surface area (Å²) >= 11 is 0. The number of ether oxygens (including phenoxy) is 2. The lowest BCUT2D eigenvalue weighted by atomic mass is 9.98. The first-order valence-electron chi connectivity index (χ1n) is 34.6. The van der Waals surface area contributed by atoms with Gasteiger partial charge in [0.25, 0.3) is 0 Å². The van der Waals surface area contributed by atoms with Gasteiger partial charge in [-0.2, -0.15) is 0 Å². The van der Waals surface area contributed by atoms with E-state index in [1.165, 1.54) is 270 Å². The van der Waals surface area contributed by atoms with Crippen LogP contribution in [0.15, 0.2) is 12.2 Å². The molecule has 470 valence electrons. The van der Waals surface area contributed by atoms with Crippen molar-refractivity contribution in [3.8, 4) is 0 Å². The predicted octanol–water partition coefficient (Wildman–Crippen LogP) is 16.3. The van der Waals surface area contributed by atoms with E-state index >= 15 is 0 Å². The lowest BCUT2D eigenvalue weighted by Crippen LogP contribution is -2.60. The van der Waals surface area contributed by atoms with Gasteiger partial charge in [-0.3, -0.25) is 4.79 Å². The molecule has 1 heterocycles. The molecule has 11 nitrogen and oxygen atoms in total. The van der Waals surface area contributed by atoms with Crippen molar-refractivity contribution in [1.29, 1.82) is 0 Å². The Bertz CT molecular complexity index is 1290. The van der Waals surface area contributed by atoms with E-state index in [9.17, 15) is 40.5 Å². The van der Waals surface area contributed by atoms with Crippen LogP contribution < -0.4 is 5.32 Å². The summed E-state index contributed by atoms with van der Waals surface area (Å²) in [5, 5.41) is 76.3. The molecule has 1 amide bonds. The molecular weight excluding hydrogens is 991 g/mol. The van der Waals surface area contributed by atoms with E-state index in [1.54, 1.807) is 0 Å². The Hall–Kier alpha value is -1.15. The van der Waals surface area contributed by atoms with E-state index in [4.69, 9.17) is 9.47 Å². The number of unbranched alkanes of at least 4 members (excludes halogenated alkanes) is 47. The normalized spacial score (nSPS) is 19.3. The van der Waals surface area contributed by atoms with Gasteiger partial charge in [0.05, 0.1) is 25.4 Å². The first-order valence-corrected chi connectivity index (χ1v) is 34.6. The molecule has 0 spiro atoms. The Morgan fingerprint density at radius 1 is 0.430 bits per heavy atom. The zero-order valence-electron chi connectivity index (χ0n) is 51.9. The second-order valence-corrected chi connectivity index (χ2v) is 24.6. The molecule has 1 fully saturated rings. The first kappa shape index (κ1) is 75.9. The molecule has 1 rings (SSSR count). The summed E-state index contributed by atoms with van der Waals surface area (Å²) in [4.78, 5) is 13.2. The van der Waals surface area contributed by atoms with Crippen LogP contribution in [0.5, 0.6) is 0 Å². The van der Waals surface area contributed by atoms with E-state index < -0.39 is 74.2 Å². The molecule has 9 unspecified atom stereocenters. The average Bonchev–Trinajstić information content (AvgIpc) is 3.45. The van der Waals surface area contributed by atoms with E-state index in [-0.39, 0.29) is 6.42 Å². The topological polar surface area (TPSA) is 189 Å². The number of hydrogen-bond donors (Lipinski definition) is 8. The minimum absolute atomic E-state index is 0.265. The highest BCUT2D eigenvalue weighted by Crippen LogP contribution is 2.24. The van der Waals surface area contributed by atoms with Gasteiger partial charge in [-0.15, -0.1) is 0 Å². The van der Waals surface area contributed by atoms with Gasteiger partial charge in [0.2, 0.25) is 5.91 Å². The van der Waals surface area contributed by atoms with Gasteiger partial charge >= 0.3 is 0 Å². The van der Waals surface area contributed by atoms with Crippen LogP contribution in [0.2, 0.25) is 0 Å². The van der Waals surface area contributed by atoms with Gasteiger partial charge in [0.1, 0.15) is 36.6 Å². The third-order valence-corrected chi connectivity index (χ3v) is 17.1. The third-order valence-electron chi connectivity index (χ3n) is 17.1. The molecule has 0 bridgehead atoms. The third kappa shape index (κ3) is 45.0. The number of hydrogen-bond acceptors (Lipinski definition) is 10. The minimum Gasteiger partial charge on any atom is -0.394 e. The van der Waals surface area contributed by atoms with Crippen LogP contribution in [0.1, 0.15) is 348 Å². The Morgan fingerprint density at radius 2 is 0.734 bits per heavy atom. The molecule has 79 heavy (non-hydrogen) atoms. The van der Waals surface area contributed by atoms with Gasteiger partial charge in [-0.25, -0.2) is 0 Å². The molecule has 0 radical (unpaired) electrons. The summed E-state index contributed by atoms with van der Waals surface area (Å²) in [6, 6.07) is -1.16. The number of aliphatic hydroxyl groups is 7. The molecule has 8 N–H and O–H groups in total. The zero-order chi connectivity index (χ0) is 57.5. The molecule has 0 aromatic heterocycles. The van der Waals surface area contributed by atoms with Crippen molar-refractivity contribution in [2.75, 3.05) is 13.2 Å². The molecule has 1 saturated heterocycles. The first-order chi connectivity index (χ1) is 38.7. The maximum absolute atomic E-state index is 13.2. The van der Waals surface area contributed by atoms with Crippen molar-refractivity contribution in [2.24, 2.45) is 0 Å². The standard InChI is InChI=1S/C68H133NO10/c1-3-5-7-9-11-13-15-17-19-20-21-22-23-24-25-26-27-28-29-30-31-32-33-34-35-36-37-38-39-40-41-42-44-46-48-50-52-54-56-61(72)67(77)69-59(58-78-68-66(76)65(75)64(74)62(57-70)79-68)63(73)60(71)55-53-51-49-47-45-43-18-16-14-12-10-8-6-4-2/h30-31,59-66,68,70-76H,3-29,32-58H2,1-2H3,(H,69,77)/b31-30-. The molecule has 1 aliphatic heterocycles. The van der Waals surface area contributed by atoms with E-state index in [0.29, 0.717) is 19.3 Å². The number of allylic oxidation sites excluding steroid dienone is 2. The lowest BCUT2D eigenvalue weighted by molar-refractivity contribution is -0.303. The van der Waals surface area contributed by atoms with Crippen molar-refractivity contribution in [3.05, 3.63) is 12.2 Å². The van der Waals surface area contributed by atoms with Crippen molar-refractivity contribution < 1.29 is 50.0 Å². The van der Waals surface area contributed by atoms with Crippen LogP contribution in [-0.4, -0.2) is 110 Å². The number of amides is 1. The van der Waals surface area contributed by atoms with Crippen molar-refractivity contribution in [3.63, 3.8) is 0 Å². The molecule has 9 atom stereocenters. The summed E-state index contributed by atoms with van der Waals surface area (Å²) in [7, 11) is 0. The highest BCUT2D eigenvalue weighted by Gasteiger charge is 2.44. The number of aliphatic hydroxyl groups excluding tert-OH is 7. The van der Waals surface area contributed by atoms with E-state index in [2.05, 4.69) is 31.3 Å². The summed E-state index contributed by atoms with van der Waals surface area (Å²) in [5.74, 6) is -0.690. The fourth-order valence-electron chi connectivity index (χ4n) is 11.5. The fraction of sp³-hybridized carbons (Fsp3) is 0.956. The Labute approximate surface area is 487 Å². The second-order valence-electron chi connectivity index (χ2n) is 24.6. The van der Waals surface area contributed by atoms with Crippen LogP contribution in [0.3, 0.4) is 0 Å². The molecule has 11 heteroatoms. The maximum Gasteiger partial charge on any atom is 0.249 e. The summed E-state index contributed by atoms with van der Waals surface area (Å²) < 4.78 is 11.2. The summed E-state index contributed by atoms with van der Waals surface area (Å²) in [6.45, 7) is 3.50. The SMILES string of the molecule is CCCCCCCCCCCCCCCCCCCC/C=C\CCCCCCCCCCCCCCCCCCC(O)C(=O)NC(COC1OC(CO)C(O)C(O)C1O)C(O)C(O)CCCCCCCCCCCCCCCC. The van der Waals surface area contributed by atoms with Crippen molar-refractivity contribution >= 4 is 5.91 Å². The van der Waals surface area contributed by atoms with Crippen LogP contribution >= 0.6 is 0 Å². The van der Waals surface area contributed by atoms with Crippen LogP contribution in [0.25, 0.3) is 0 Å². The summed E-state index contributed by atoms with van der Waals surface area (Å²) in [5.41, 5.74) is 0. The number of carbonyl (C=O) groups is 1. The minimum atomic E-state index is -1.66. The molecular formula is C68H133NO10.